The summed E-state index contributed by atoms with van der Waals surface area (Å²) in [6, 6.07) is 8.76. The van der Waals surface area contributed by atoms with Crippen LogP contribution in [-0.4, -0.2) is 78.9 Å². The number of piperazine rings is 1. The van der Waals surface area contributed by atoms with Gasteiger partial charge in [-0.3, -0.25) is 14.5 Å². The lowest BCUT2D eigenvalue weighted by Gasteiger charge is -2.47. The first kappa shape index (κ1) is 23.9. The number of benzene rings is 2. The fourth-order valence-electron chi connectivity index (χ4n) is 4.29. The molecule has 0 aromatic heterocycles. The van der Waals surface area contributed by atoms with Crippen molar-refractivity contribution < 1.29 is 14.3 Å². The van der Waals surface area contributed by atoms with E-state index < -0.39 is 0 Å². The molecule has 0 N–H and O–H groups in total. The quantitative estimate of drug-likeness (QED) is 0.559. The Morgan fingerprint density at radius 3 is 2.33 bits per heavy atom. The molecule has 0 atom stereocenters. The standard InChI is InChI=1S/C24H24Cl3N3O3/c1-3-22(31)30-13-16(14-30)28-6-8-29(9-7-28)24(32)19-11-17(33-2)12-21(27)23(19)18-10-15(25)4-5-20(18)26/h3-5,10-12,16H,1,6-9,13-14H2,2H3. The van der Waals surface area contributed by atoms with Crippen molar-refractivity contribution in [1.82, 2.24) is 14.7 Å². The molecule has 2 aliphatic rings. The van der Waals surface area contributed by atoms with Crippen LogP contribution in [0, 0.1) is 0 Å². The summed E-state index contributed by atoms with van der Waals surface area (Å²) in [7, 11) is 1.53. The van der Waals surface area contributed by atoms with Gasteiger partial charge in [-0.2, -0.15) is 0 Å². The average Bonchev–Trinajstić information content (AvgIpc) is 2.79. The third-order valence-electron chi connectivity index (χ3n) is 6.19. The molecule has 2 heterocycles. The number of rotatable bonds is 5. The second-order valence-electron chi connectivity index (χ2n) is 8.09. The zero-order valence-electron chi connectivity index (χ0n) is 18.2. The van der Waals surface area contributed by atoms with E-state index in [0.717, 1.165) is 13.1 Å². The average molecular weight is 509 g/mol. The van der Waals surface area contributed by atoms with E-state index in [1.54, 1.807) is 35.2 Å². The molecule has 0 saturated carbocycles. The van der Waals surface area contributed by atoms with Gasteiger partial charge in [-0.15, -0.1) is 0 Å². The van der Waals surface area contributed by atoms with Gasteiger partial charge >= 0.3 is 0 Å². The second kappa shape index (κ2) is 9.94. The zero-order valence-corrected chi connectivity index (χ0v) is 20.5. The van der Waals surface area contributed by atoms with E-state index in [-0.39, 0.29) is 11.8 Å². The Morgan fingerprint density at radius 2 is 1.70 bits per heavy atom. The number of ether oxygens (including phenoxy) is 1. The Balaban J connectivity index is 1.54. The number of amides is 2. The molecule has 0 spiro atoms. The van der Waals surface area contributed by atoms with E-state index in [1.807, 2.05) is 4.90 Å². The highest BCUT2D eigenvalue weighted by Crippen LogP contribution is 2.40. The first-order valence-corrected chi connectivity index (χ1v) is 11.7. The van der Waals surface area contributed by atoms with Crippen LogP contribution in [0.2, 0.25) is 15.1 Å². The summed E-state index contributed by atoms with van der Waals surface area (Å²) in [5.74, 6) is 0.311. The molecule has 2 fully saturated rings. The van der Waals surface area contributed by atoms with Crippen LogP contribution in [0.3, 0.4) is 0 Å². The highest BCUT2D eigenvalue weighted by atomic mass is 35.5. The van der Waals surface area contributed by atoms with Crippen LogP contribution in [-0.2, 0) is 4.79 Å². The molecule has 2 amide bonds. The van der Waals surface area contributed by atoms with E-state index in [2.05, 4.69) is 11.5 Å². The molecule has 0 unspecified atom stereocenters. The molecule has 2 aromatic carbocycles. The maximum atomic E-state index is 13.6. The van der Waals surface area contributed by atoms with Gasteiger partial charge in [0.15, 0.2) is 0 Å². The van der Waals surface area contributed by atoms with Crippen molar-refractivity contribution in [2.75, 3.05) is 46.4 Å². The lowest BCUT2D eigenvalue weighted by atomic mass is 9.97. The molecular formula is C24H24Cl3N3O3. The largest absolute Gasteiger partial charge is 0.497 e. The maximum absolute atomic E-state index is 13.6. The second-order valence-corrected chi connectivity index (χ2v) is 9.34. The van der Waals surface area contributed by atoms with Gasteiger partial charge in [0, 0.05) is 66.5 Å². The maximum Gasteiger partial charge on any atom is 0.254 e. The summed E-state index contributed by atoms with van der Waals surface area (Å²) in [6.07, 6.45) is 1.34. The fraction of sp³-hybridized carbons (Fsp3) is 0.333. The van der Waals surface area contributed by atoms with E-state index in [9.17, 15) is 9.59 Å². The molecule has 0 aliphatic carbocycles. The third kappa shape index (κ3) is 4.85. The van der Waals surface area contributed by atoms with Crippen molar-refractivity contribution in [1.29, 1.82) is 0 Å². The van der Waals surface area contributed by atoms with Gasteiger partial charge in [0.05, 0.1) is 17.7 Å². The Hall–Kier alpha value is -2.25. The lowest BCUT2D eigenvalue weighted by molar-refractivity contribution is -0.133. The van der Waals surface area contributed by atoms with Crippen molar-refractivity contribution in [3.8, 4) is 16.9 Å². The minimum atomic E-state index is -0.140. The molecule has 0 bridgehead atoms. The predicted octanol–water partition coefficient (Wildman–Crippen LogP) is 4.48. The molecule has 2 aromatic rings. The number of hydrogen-bond donors (Lipinski definition) is 0. The number of hydrogen-bond acceptors (Lipinski definition) is 4. The summed E-state index contributed by atoms with van der Waals surface area (Å²) in [6.45, 7) is 7.54. The van der Waals surface area contributed by atoms with Crippen molar-refractivity contribution in [3.05, 3.63) is 63.6 Å². The van der Waals surface area contributed by atoms with Gasteiger partial charge in [0.25, 0.3) is 5.91 Å². The van der Waals surface area contributed by atoms with Gasteiger partial charge in [-0.1, -0.05) is 41.4 Å². The van der Waals surface area contributed by atoms with Gasteiger partial charge in [-0.25, -0.2) is 0 Å². The van der Waals surface area contributed by atoms with Gasteiger partial charge in [-0.05, 0) is 36.4 Å². The van der Waals surface area contributed by atoms with E-state index in [4.69, 9.17) is 39.5 Å². The lowest BCUT2D eigenvalue weighted by Crippen LogP contribution is -2.64. The highest BCUT2D eigenvalue weighted by Gasteiger charge is 2.36. The summed E-state index contributed by atoms with van der Waals surface area (Å²) in [5.41, 5.74) is 1.55. The molecule has 2 saturated heterocycles. The van der Waals surface area contributed by atoms with Crippen LogP contribution in [0.1, 0.15) is 10.4 Å². The molecule has 9 heteroatoms. The highest BCUT2D eigenvalue weighted by molar-refractivity contribution is 6.38. The summed E-state index contributed by atoms with van der Waals surface area (Å²) < 4.78 is 5.37. The Labute approximate surface area is 208 Å². The molecule has 33 heavy (non-hydrogen) atoms. The van der Waals surface area contributed by atoms with Gasteiger partial charge < -0.3 is 14.5 Å². The predicted molar refractivity (Wildman–Crippen MR) is 132 cm³/mol. The number of carbonyl (C=O) groups is 2. The first-order valence-electron chi connectivity index (χ1n) is 10.6. The molecular weight excluding hydrogens is 485 g/mol. The number of nitrogens with zero attached hydrogens (tertiary/aromatic N) is 3. The van der Waals surface area contributed by atoms with Crippen molar-refractivity contribution in [2.24, 2.45) is 0 Å². The van der Waals surface area contributed by atoms with Crippen LogP contribution in [0.5, 0.6) is 5.75 Å². The molecule has 174 valence electrons. The first-order chi connectivity index (χ1) is 15.8. The monoisotopic (exact) mass is 507 g/mol. The van der Waals surface area contributed by atoms with Crippen molar-refractivity contribution in [2.45, 2.75) is 6.04 Å². The Bertz CT molecular complexity index is 1090. The molecule has 2 aliphatic heterocycles. The van der Waals surface area contributed by atoms with Crippen LogP contribution in [0.25, 0.3) is 11.1 Å². The molecule has 4 rings (SSSR count). The topological polar surface area (TPSA) is 53.1 Å². The third-order valence-corrected chi connectivity index (χ3v) is 7.06. The Morgan fingerprint density at radius 1 is 1.00 bits per heavy atom. The molecule has 6 nitrogen and oxygen atoms in total. The van der Waals surface area contributed by atoms with Gasteiger partial charge in [0.1, 0.15) is 5.75 Å². The smallest absolute Gasteiger partial charge is 0.254 e. The summed E-state index contributed by atoms with van der Waals surface area (Å²) in [4.78, 5) is 31.2. The van der Waals surface area contributed by atoms with Crippen molar-refractivity contribution >= 4 is 46.6 Å². The van der Waals surface area contributed by atoms with Crippen LogP contribution >= 0.6 is 34.8 Å². The Kier molecular flexibility index (Phi) is 7.19. The summed E-state index contributed by atoms with van der Waals surface area (Å²) in [5, 5.41) is 1.31. The summed E-state index contributed by atoms with van der Waals surface area (Å²) >= 11 is 19.2. The molecule has 0 radical (unpaired) electrons. The van der Waals surface area contributed by atoms with E-state index in [1.165, 1.54) is 13.2 Å². The van der Waals surface area contributed by atoms with Crippen LogP contribution in [0.4, 0.5) is 0 Å². The number of halogens is 3. The normalized spacial score (nSPS) is 17.0. The minimum Gasteiger partial charge on any atom is -0.497 e. The van der Waals surface area contributed by atoms with Gasteiger partial charge in [0.2, 0.25) is 5.91 Å². The number of methoxy groups -OCH3 is 1. The van der Waals surface area contributed by atoms with E-state index in [0.29, 0.717) is 69.7 Å². The van der Waals surface area contributed by atoms with Crippen LogP contribution in [0.15, 0.2) is 43.0 Å². The van der Waals surface area contributed by atoms with Crippen LogP contribution < -0.4 is 4.74 Å². The van der Waals surface area contributed by atoms with Crippen molar-refractivity contribution in [3.63, 3.8) is 0 Å². The fourth-order valence-corrected chi connectivity index (χ4v) is 4.98. The zero-order chi connectivity index (χ0) is 23.7. The van der Waals surface area contributed by atoms with E-state index >= 15 is 0 Å². The minimum absolute atomic E-state index is 0.0397. The number of carbonyl (C=O) groups excluding carboxylic acids is 2. The number of likely N-dealkylation sites (tertiary alicyclic amines) is 1. The SMILES string of the molecule is C=CC(=O)N1CC(N2CCN(C(=O)c3cc(OC)cc(Cl)c3-c3cc(Cl)ccc3Cl)CC2)C1.